The molecule has 2 aliphatic rings. The van der Waals surface area contributed by atoms with Crippen molar-refractivity contribution in [2.75, 3.05) is 4.90 Å². The number of nitrogens with zero attached hydrogens (tertiary/aromatic N) is 1. The van der Waals surface area contributed by atoms with Crippen LogP contribution in [0.4, 0.5) is 11.4 Å². The van der Waals surface area contributed by atoms with Gasteiger partial charge >= 0.3 is 0 Å². The minimum absolute atomic E-state index is 0.0359. The van der Waals surface area contributed by atoms with E-state index in [1.54, 1.807) is 0 Å². The summed E-state index contributed by atoms with van der Waals surface area (Å²) in [7, 11) is 0. The minimum Gasteiger partial charge on any atom is -0.482 e. The van der Waals surface area contributed by atoms with Gasteiger partial charge in [-0.15, -0.1) is 0 Å². The van der Waals surface area contributed by atoms with Crippen molar-refractivity contribution in [1.82, 2.24) is 0 Å². The standard InChI is InChI=1S/C52H69NO/c1-8-13-16-17-20-41-22-25-46(26-23-41)53-49-27-21-37(6)31-51(49)54-52-36-42(24-28-50(52)53)43-34-45(33-40(12-5)19-15-10-3)47-30-38(7)29-44(48(47)35-43)32-39(11-4)18-14-9-2/h21-31,34-36,39-40,49,51H,8-20,32-33H2,1-7H3. The Morgan fingerprint density at radius 1 is 0.648 bits per heavy atom. The summed E-state index contributed by atoms with van der Waals surface area (Å²) < 4.78 is 6.94. The van der Waals surface area contributed by atoms with Crippen LogP contribution >= 0.6 is 0 Å². The molecule has 0 saturated heterocycles. The van der Waals surface area contributed by atoms with Crippen LogP contribution in [0.3, 0.4) is 0 Å². The van der Waals surface area contributed by atoms with Crippen LogP contribution in [-0.2, 0) is 19.3 Å². The van der Waals surface area contributed by atoms with E-state index in [2.05, 4.69) is 138 Å². The first-order valence-corrected chi connectivity index (χ1v) is 22.0. The quantitative estimate of drug-likeness (QED) is 0.0893. The first-order valence-electron chi connectivity index (χ1n) is 22.0. The third-order valence-electron chi connectivity index (χ3n) is 12.5. The van der Waals surface area contributed by atoms with Crippen molar-refractivity contribution >= 4 is 22.1 Å². The molecule has 0 fully saturated rings. The van der Waals surface area contributed by atoms with Crippen LogP contribution in [0.15, 0.2) is 90.5 Å². The summed E-state index contributed by atoms with van der Waals surface area (Å²) in [6.45, 7) is 16.2. The van der Waals surface area contributed by atoms with Crippen LogP contribution in [0.25, 0.3) is 21.9 Å². The Morgan fingerprint density at radius 2 is 1.31 bits per heavy atom. The molecule has 1 aliphatic heterocycles. The van der Waals surface area contributed by atoms with Crippen molar-refractivity contribution in [2.45, 2.75) is 157 Å². The highest BCUT2D eigenvalue weighted by atomic mass is 16.5. The van der Waals surface area contributed by atoms with Crippen molar-refractivity contribution in [3.05, 3.63) is 113 Å². The Bertz CT molecular complexity index is 1880. The molecule has 4 aromatic carbocycles. The van der Waals surface area contributed by atoms with E-state index in [1.807, 2.05) is 0 Å². The Kier molecular flexibility index (Phi) is 14.2. The molecule has 0 amide bonds. The zero-order chi connectivity index (χ0) is 38.0. The number of hydrogen-bond donors (Lipinski definition) is 0. The van der Waals surface area contributed by atoms with Crippen molar-refractivity contribution in [1.29, 1.82) is 0 Å². The second-order valence-electron chi connectivity index (χ2n) is 16.8. The van der Waals surface area contributed by atoms with Gasteiger partial charge < -0.3 is 9.64 Å². The summed E-state index contributed by atoms with van der Waals surface area (Å²) in [5.41, 5.74) is 12.1. The molecule has 4 aromatic rings. The van der Waals surface area contributed by atoms with E-state index < -0.39 is 0 Å². The molecule has 288 valence electrons. The Balaban J connectivity index is 1.42. The molecule has 0 radical (unpaired) electrons. The van der Waals surface area contributed by atoms with Crippen LogP contribution in [0.2, 0.25) is 0 Å². The fraction of sp³-hybridized carbons (Fsp3) is 0.500. The Hall–Kier alpha value is -3.78. The summed E-state index contributed by atoms with van der Waals surface area (Å²) in [6.07, 6.45) is 25.7. The summed E-state index contributed by atoms with van der Waals surface area (Å²) in [6, 6.07) is 26.5. The Morgan fingerprint density at radius 3 is 1.98 bits per heavy atom. The number of aryl methyl sites for hydroxylation is 2. The van der Waals surface area contributed by atoms with E-state index >= 15 is 0 Å². The Labute approximate surface area is 329 Å². The molecule has 0 saturated carbocycles. The normalized spacial score (nSPS) is 17.5. The number of ether oxygens (including phenoxy) is 1. The van der Waals surface area contributed by atoms with Crippen molar-refractivity contribution in [3.63, 3.8) is 0 Å². The monoisotopic (exact) mass is 724 g/mol. The molecule has 6 rings (SSSR count). The van der Waals surface area contributed by atoms with E-state index in [9.17, 15) is 0 Å². The summed E-state index contributed by atoms with van der Waals surface area (Å²) in [5, 5.41) is 2.93. The molecular weight excluding hydrogens is 655 g/mol. The molecule has 2 nitrogen and oxygen atoms in total. The van der Waals surface area contributed by atoms with Gasteiger partial charge in [0.25, 0.3) is 0 Å². The van der Waals surface area contributed by atoms with Gasteiger partial charge in [0.2, 0.25) is 0 Å². The third kappa shape index (κ3) is 9.53. The lowest BCUT2D eigenvalue weighted by Crippen LogP contribution is -2.46. The number of rotatable bonds is 19. The van der Waals surface area contributed by atoms with Gasteiger partial charge in [-0.3, -0.25) is 0 Å². The third-order valence-corrected chi connectivity index (χ3v) is 12.5. The van der Waals surface area contributed by atoms with Gasteiger partial charge in [0.1, 0.15) is 11.9 Å². The SMILES string of the molecule is CCCCCCc1ccc(N2c3ccc(-c4cc(CC(CC)CCCC)c5cc(C)cc(CC(CC)CCCC)c5c4)cc3OC3C=C(C)C=CC32)cc1. The molecule has 2 heteroatoms. The van der Waals surface area contributed by atoms with Gasteiger partial charge in [0, 0.05) is 5.69 Å². The summed E-state index contributed by atoms with van der Waals surface area (Å²) in [5.74, 6) is 2.40. The second-order valence-corrected chi connectivity index (χ2v) is 16.8. The van der Waals surface area contributed by atoms with Crippen LogP contribution in [0.5, 0.6) is 5.75 Å². The first kappa shape index (κ1) is 39.9. The lowest BCUT2D eigenvalue weighted by molar-refractivity contribution is 0.217. The smallest absolute Gasteiger partial charge is 0.144 e. The predicted octanol–water partition coefficient (Wildman–Crippen LogP) is 15.2. The van der Waals surface area contributed by atoms with Gasteiger partial charge in [-0.2, -0.15) is 0 Å². The maximum absolute atomic E-state index is 6.94. The molecule has 1 aliphatic carbocycles. The van der Waals surface area contributed by atoms with Crippen molar-refractivity contribution in [3.8, 4) is 16.9 Å². The molecular formula is C52H69NO. The molecule has 0 aromatic heterocycles. The second kappa shape index (κ2) is 19.2. The van der Waals surface area contributed by atoms with Crippen LogP contribution in [-0.4, -0.2) is 12.1 Å². The highest BCUT2D eigenvalue weighted by molar-refractivity contribution is 5.94. The number of hydrogen-bond acceptors (Lipinski definition) is 2. The fourth-order valence-corrected chi connectivity index (χ4v) is 9.08. The molecule has 4 unspecified atom stereocenters. The van der Waals surface area contributed by atoms with E-state index in [0.717, 1.165) is 36.6 Å². The molecule has 0 N–H and O–H groups in total. The van der Waals surface area contributed by atoms with Gasteiger partial charge in [0.15, 0.2) is 0 Å². The molecule has 54 heavy (non-hydrogen) atoms. The van der Waals surface area contributed by atoms with E-state index in [1.165, 1.54) is 132 Å². The number of anilines is 2. The van der Waals surface area contributed by atoms with Gasteiger partial charge in [0.05, 0.1) is 11.7 Å². The maximum atomic E-state index is 6.94. The number of fused-ring (bicyclic) bond motifs is 3. The van der Waals surface area contributed by atoms with Crippen molar-refractivity contribution < 1.29 is 4.74 Å². The number of allylic oxidation sites excluding steroid dienone is 2. The average Bonchev–Trinajstić information content (AvgIpc) is 3.18. The van der Waals surface area contributed by atoms with Gasteiger partial charge in [-0.05, 0) is 126 Å². The van der Waals surface area contributed by atoms with Crippen LogP contribution in [0.1, 0.15) is 141 Å². The number of benzene rings is 4. The summed E-state index contributed by atoms with van der Waals surface area (Å²) in [4.78, 5) is 2.51. The highest BCUT2D eigenvalue weighted by Gasteiger charge is 2.36. The molecule has 0 spiro atoms. The minimum atomic E-state index is -0.0359. The first-order chi connectivity index (χ1) is 26.3. The average molecular weight is 724 g/mol. The molecule has 1 heterocycles. The van der Waals surface area contributed by atoms with Gasteiger partial charge in [-0.1, -0.05) is 165 Å². The summed E-state index contributed by atoms with van der Waals surface area (Å²) >= 11 is 0. The predicted molar refractivity (Wildman–Crippen MR) is 236 cm³/mol. The van der Waals surface area contributed by atoms with E-state index in [0.29, 0.717) is 5.92 Å². The highest BCUT2D eigenvalue weighted by Crippen LogP contribution is 2.46. The van der Waals surface area contributed by atoms with Gasteiger partial charge in [-0.25, -0.2) is 0 Å². The van der Waals surface area contributed by atoms with Crippen LogP contribution < -0.4 is 9.64 Å². The zero-order valence-electron chi connectivity index (χ0n) is 34.9. The largest absolute Gasteiger partial charge is 0.482 e. The lowest BCUT2D eigenvalue weighted by atomic mass is 9.84. The van der Waals surface area contributed by atoms with E-state index in [4.69, 9.17) is 4.74 Å². The number of unbranched alkanes of at least 4 members (excludes halogenated alkanes) is 5. The van der Waals surface area contributed by atoms with Crippen LogP contribution in [0, 0.1) is 18.8 Å². The zero-order valence-corrected chi connectivity index (χ0v) is 34.9. The lowest BCUT2D eigenvalue weighted by Gasteiger charge is -2.43. The molecule has 0 bridgehead atoms. The maximum Gasteiger partial charge on any atom is 0.144 e. The van der Waals surface area contributed by atoms with Crippen molar-refractivity contribution in [2.24, 2.45) is 11.8 Å². The van der Waals surface area contributed by atoms with E-state index in [-0.39, 0.29) is 12.1 Å². The fourth-order valence-electron chi connectivity index (χ4n) is 9.08. The molecule has 4 atom stereocenters. The topological polar surface area (TPSA) is 12.5 Å².